The highest BCUT2D eigenvalue weighted by atomic mass is 19.1. The highest BCUT2D eigenvalue weighted by Crippen LogP contribution is 2.40. The Morgan fingerprint density at radius 2 is 2.00 bits per heavy atom. The molecular weight excluding hydrogens is 355 g/mol. The number of aryl methyl sites for hydroxylation is 1. The fraction of sp³-hybridized carbons (Fsp3) is 0.381. The number of nitrogens with zero attached hydrogens (tertiary/aromatic N) is 4. The first-order valence-electron chi connectivity index (χ1n) is 9.84. The van der Waals surface area contributed by atoms with Crippen molar-refractivity contribution in [1.29, 1.82) is 0 Å². The standard InChI is InChI=1S/C21H23FN6/c1-13-9-15(22)6-7-16(13)18-3-2-8-28(18)21-11-19(23-12-24-21)25-20-10-17(26-27-20)14-4-5-14/h6-7,9-12,14,18H,2-5,8H2,1H3,(H2,23,24,25,26,27). The predicted octanol–water partition coefficient (Wildman–Crippen LogP) is 4.61. The second kappa shape index (κ2) is 6.89. The van der Waals surface area contributed by atoms with E-state index in [-0.39, 0.29) is 11.9 Å². The molecule has 1 aliphatic heterocycles. The highest BCUT2D eigenvalue weighted by molar-refractivity contribution is 5.58. The molecule has 1 saturated carbocycles. The molecule has 7 heteroatoms. The van der Waals surface area contributed by atoms with Crippen molar-refractivity contribution in [3.63, 3.8) is 0 Å². The minimum Gasteiger partial charge on any atom is -0.349 e. The molecule has 28 heavy (non-hydrogen) atoms. The Morgan fingerprint density at radius 1 is 1.11 bits per heavy atom. The summed E-state index contributed by atoms with van der Waals surface area (Å²) in [4.78, 5) is 11.1. The van der Waals surface area contributed by atoms with Crippen molar-refractivity contribution in [2.75, 3.05) is 16.8 Å². The molecule has 2 N–H and O–H groups in total. The quantitative estimate of drug-likeness (QED) is 0.678. The van der Waals surface area contributed by atoms with Crippen LogP contribution in [0.4, 0.5) is 21.8 Å². The molecular formula is C21H23FN6. The monoisotopic (exact) mass is 378 g/mol. The molecule has 144 valence electrons. The number of hydrogen-bond donors (Lipinski definition) is 2. The first-order valence-corrected chi connectivity index (χ1v) is 9.84. The molecule has 3 heterocycles. The number of hydrogen-bond acceptors (Lipinski definition) is 5. The van der Waals surface area contributed by atoms with Crippen molar-refractivity contribution in [1.82, 2.24) is 20.2 Å². The van der Waals surface area contributed by atoms with E-state index in [1.807, 2.05) is 19.1 Å². The third-order valence-corrected chi connectivity index (χ3v) is 5.66. The largest absolute Gasteiger partial charge is 0.349 e. The van der Waals surface area contributed by atoms with Crippen LogP contribution in [0.25, 0.3) is 0 Å². The molecule has 0 bridgehead atoms. The number of anilines is 3. The van der Waals surface area contributed by atoms with Gasteiger partial charge in [0, 0.05) is 30.3 Å². The Balaban J connectivity index is 1.38. The average Bonchev–Trinajstić information content (AvgIpc) is 3.23. The minimum atomic E-state index is -0.191. The fourth-order valence-corrected chi connectivity index (χ4v) is 4.09. The predicted molar refractivity (Wildman–Crippen MR) is 106 cm³/mol. The maximum absolute atomic E-state index is 13.5. The molecule has 1 aromatic carbocycles. The molecule has 0 spiro atoms. The van der Waals surface area contributed by atoms with Crippen molar-refractivity contribution in [2.45, 2.75) is 44.6 Å². The van der Waals surface area contributed by atoms with Gasteiger partial charge in [-0.3, -0.25) is 5.10 Å². The van der Waals surface area contributed by atoms with Gasteiger partial charge in [-0.2, -0.15) is 5.10 Å². The Morgan fingerprint density at radius 3 is 2.82 bits per heavy atom. The summed E-state index contributed by atoms with van der Waals surface area (Å²) >= 11 is 0. The first kappa shape index (κ1) is 17.2. The summed E-state index contributed by atoms with van der Waals surface area (Å²) in [5.41, 5.74) is 3.32. The van der Waals surface area contributed by atoms with Gasteiger partial charge in [0.1, 0.15) is 23.8 Å². The second-order valence-electron chi connectivity index (χ2n) is 7.72. The molecule has 2 fully saturated rings. The molecule has 1 unspecified atom stereocenters. The van der Waals surface area contributed by atoms with Crippen LogP contribution >= 0.6 is 0 Å². The lowest BCUT2D eigenvalue weighted by molar-refractivity contribution is 0.622. The van der Waals surface area contributed by atoms with Crippen molar-refractivity contribution < 1.29 is 4.39 Å². The smallest absolute Gasteiger partial charge is 0.153 e. The van der Waals surface area contributed by atoms with Gasteiger partial charge in [-0.25, -0.2) is 14.4 Å². The Kier molecular flexibility index (Phi) is 4.22. The number of benzene rings is 1. The lowest BCUT2D eigenvalue weighted by Crippen LogP contribution is -2.24. The molecule has 2 aromatic heterocycles. The van der Waals surface area contributed by atoms with Crippen molar-refractivity contribution >= 4 is 17.5 Å². The van der Waals surface area contributed by atoms with Gasteiger partial charge in [-0.1, -0.05) is 6.07 Å². The fourth-order valence-electron chi connectivity index (χ4n) is 4.09. The van der Waals surface area contributed by atoms with Crippen LogP contribution in [0.3, 0.4) is 0 Å². The third-order valence-electron chi connectivity index (χ3n) is 5.66. The van der Waals surface area contributed by atoms with E-state index in [4.69, 9.17) is 0 Å². The van der Waals surface area contributed by atoms with Crippen molar-refractivity contribution in [2.24, 2.45) is 0 Å². The van der Waals surface area contributed by atoms with Gasteiger partial charge in [0.2, 0.25) is 0 Å². The Hall–Kier alpha value is -2.96. The highest BCUT2D eigenvalue weighted by Gasteiger charge is 2.29. The summed E-state index contributed by atoms with van der Waals surface area (Å²) < 4.78 is 13.5. The zero-order valence-corrected chi connectivity index (χ0v) is 15.8. The number of nitrogens with one attached hydrogen (secondary N) is 2. The zero-order chi connectivity index (χ0) is 19.1. The topological polar surface area (TPSA) is 69.7 Å². The average molecular weight is 378 g/mol. The van der Waals surface area contributed by atoms with Gasteiger partial charge < -0.3 is 10.2 Å². The van der Waals surface area contributed by atoms with E-state index in [0.717, 1.165) is 48.0 Å². The third kappa shape index (κ3) is 3.32. The van der Waals surface area contributed by atoms with E-state index in [9.17, 15) is 4.39 Å². The molecule has 1 aliphatic carbocycles. The molecule has 5 rings (SSSR count). The van der Waals surface area contributed by atoms with Gasteiger partial charge in [0.05, 0.1) is 6.04 Å². The summed E-state index contributed by atoms with van der Waals surface area (Å²) in [6.07, 6.45) is 6.16. The second-order valence-corrected chi connectivity index (χ2v) is 7.72. The van der Waals surface area contributed by atoms with E-state index >= 15 is 0 Å². The maximum Gasteiger partial charge on any atom is 0.153 e. The molecule has 1 atom stereocenters. The van der Waals surface area contributed by atoms with Crippen LogP contribution in [0.15, 0.2) is 36.7 Å². The summed E-state index contributed by atoms with van der Waals surface area (Å²) in [6.45, 7) is 2.89. The van der Waals surface area contributed by atoms with E-state index in [1.165, 1.54) is 18.5 Å². The normalized spacial score (nSPS) is 19.2. The maximum atomic E-state index is 13.5. The Labute approximate surface area is 163 Å². The van der Waals surface area contributed by atoms with Crippen molar-refractivity contribution in [3.05, 3.63) is 59.3 Å². The van der Waals surface area contributed by atoms with Crippen molar-refractivity contribution in [3.8, 4) is 0 Å². The van der Waals surface area contributed by atoms with Gasteiger partial charge in [0.15, 0.2) is 5.82 Å². The zero-order valence-electron chi connectivity index (χ0n) is 15.8. The van der Waals surface area contributed by atoms with Crippen LogP contribution in [-0.4, -0.2) is 26.7 Å². The van der Waals surface area contributed by atoms with E-state index in [2.05, 4.69) is 36.4 Å². The number of aromatic nitrogens is 4. The van der Waals surface area contributed by atoms with Crippen LogP contribution < -0.4 is 10.2 Å². The van der Waals surface area contributed by atoms with Gasteiger partial charge in [0.25, 0.3) is 0 Å². The molecule has 3 aromatic rings. The number of H-pyrrole nitrogens is 1. The molecule has 1 saturated heterocycles. The summed E-state index contributed by atoms with van der Waals surface area (Å²) in [5, 5.41) is 10.7. The molecule has 0 radical (unpaired) electrons. The van der Waals surface area contributed by atoms with E-state index in [1.54, 1.807) is 18.5 Å². The van der Waals surface area contributed by atoms with Crippen LogP contribution in [-0.2, 0) is 0 Å². The first-order chi connectivity index (χ1) is 13.7. The van der Waals surface area contributed by atoms with Crippen LogP contribution in [0, 0.1) is 12.7 Å². The minimum absolute atomic E-state index is 0.191. The summed E-state index contributed by atoms with van der Waals surface area (Å²) in [6, 6.07) is 9.27. The van der Waals surface area contributed by atoms with Crippen LogP contribution in [0.5, 0.6) is 0 Å². The molecule has 2 aliphatic rings. The van der Waals surface area contributed by atoms with Gasteiger partial charge in [-0.15, -0.1) is 0 Å². The summed E-state index contributed by atoms with van der Waals surface area (Å²) in [5.74, 6) is 2.82. The van der Waals surface area contributed by atoms with Crippen LogP contribution in [0.2, 0.25) is 0 Å². The lowest BCUT2D eigenvalue weighted by atomic mass is 9.99. The number of halogens is 1. The lowest BCUT2D eigenvalue weighted by Gasteiger charge is -2.27. The van der Waals surface area contributed by atoms with E-state index in [0.29, 0.717) is 5.92 Å². The Bertz CT molecular complexity index is 996. The SMILES string of the molecule is Cc1cc(F)ccc1C1CCCN1c1cc(Nc2cc(C3CC3)[nH]n2)ncn1. The van der Waals surface area contributed by atoms with Crippen LogP contribution in [0.1, 0.15) is 54.5 Å². The number of aromatic amines is 1. The number of rotatable bonds is 5. The van der Waals surface area contributed by atoms with Gasteiger partial charge >= 0.3 is 0 Å². The molecule has 6 nitrogen and oxygen atoms in total. The van der Waals surface area contributed by atoms with Gasteiger partial charge in [-0.05, 0) is 55.9 Å². The van der Waals surface area contributed by atoms with E-state index < -0.39 is 0 Å². The summed E-state index contributed by atoms with van der Waals surface area (Å²) in [7, 11) is 0. The molecule has 0 amide bonds.